The van der Waals surface area contributed by atoms with Gasteiger partial charge in [0.1, 0.15) is 17.2 Å². The summed E-state index contributed by atoms with van der Waals surface area (Å²) in [5.41, 5.74) is 9.02. The molecule has 0 saturated carbocycles. The second-order valence-corrected chi connectivity index (χ2v) is 11.2. The summed E-state index contributed by atoms with van der Waals surface area (Å²) in [4.78, 5) is 0. The fraction of sp³-hybridized carbons (Fsp3) is 0.0500. The van der Waals surface area contributed by atoms with E-state index in [2.05, 4.69) is 138 Å². The van der Waals surface area contributed by atoms with Crippen LogP contribution in [0.25, 0.3) is 11.3 Å². The van der Waals surface area contributed by atoms with Gasteiger partial charge in [-0.05, 0) is 52.2 Å². The van der Waals surface area contributed by atoms with Crippen LogP contribution in [0, 0.1) is 0 Å². The highest BCUT2D eigenvalue weighted by Crippen LogP contribution is 2.33. The Balaban J connectivity index is 0.000000749. The van der Waals surface area contributed by atoms with Gasteiger partial charge >= 0.3 is 7.25 Å². The fourth-order valence-electron chi connectivity index (χ4n) is 5.55. The third kappa shape index (κ3) is 8.53. The molecule has 0 amide bonds. The van der Waals surface area contributed by atoms with E-state index < -0.39 is 7.25 Å². The van der Waals surface area contributed by atoms with Crippen molar-refractivity contribution in [2.45, 2.75) is 12.5 Å². The van der Waals surface area contributed by atoms with E-state index in [1.54, 1.807) is 0 Å². The Morgan fingerprint density at radius 3 is 1.73 bits per heavy atom. The lowest BCUT2D eigenvalue weighted by molar-refractivity contribution is -0.566. The highest BCUT2D eigenvalue weighted by atomic mass is 19.5. The number of halogens is 4. The molecule has 4 aromatic rings. The van der Waals surface area contributed by atoms with E-state index in [4.69, 9.17) is 9.84 Å². The minimum Gasteiger partial charge on any atom is -0.457 e. The Labute approximate surface area is 277 Å². The van der Waals surface area contributed by atoms with Gasteiger partial charge in [-0.15, -0.1) is 0 Å². The van der Waals surface area contributed by atoms with Crippen LogP contribution in [-0.2, 0) is 4.74 Å². The summed E-state index contributed by atoms with van der Waals surface area (Å²) in [6.07, 6.45) is 17.8. The van der Waals surface area contributed by atoms with Crippen LogP contribution in [0.5, 0.6) is 0 Å². The molecule has 1 aliphatic carbocycles. The number of ether oxygens (including phenoxy) is 1. The number of rotatable bonds is 5. The Kier molecular flexibility index (Phi) is 9.91. The summed E-state index contributed by atoms with van der Waals surface area (Å²) in [6, 6.07) is 41.9. The molecular formula is C40H31BF4N2O. The topological polar surface area (TPSA) is 24.6 Å². The normalized spacial score (nSPS) is 18.0. The zero-order valence-electron chi connectivity index (χ0n) is 25.8. The van der Waals surface area contributed by atoms with Crippen LogP contribution in [0.1, 0.15) is 34.7 Å². The number of hydrazone groups is 1. The van der Waals surface area contributed by atoms with Gasteiger partial charge in [0.2, 0.25) is 11.8 Å². The largest absolute Gasteiger partial charge is 0.673 e. The van der Waals surface area contributed by atoms with E-state index in [0.29, 0.717) is 0 Å². The molecule has 0 spiro atoms. The van der Waals surface area contributed by atoms with Crippen molar-refractivity contribution in [2.75, 3.05) is 0 Å². The lowest BCUT2D eigenvalue weighted by Crippen LogP contribution is -2.16. The van der Waals surface area contributed by atoms with Crippen molar-refractivity contribution in [1.82, 2.24) is 0 Å². The highest BCUT2D eigenvalue weighted by molar-refractivity contribution is 6.50. The van der Waals surface area contributed by atoms with E-state index in [-0.39, 0.29) is 6.04 Å². The van der Waals surface area contributed by atoms with Crippen molar-refractivity contribution < 1.29 is 26.7 Å². The maximum atomic E-state index is 9.75. The first-order valence-corrected chi connectivity index (χ1v) is 15.5. The second kappa shape index (κ2) is 14.8. The van der Waals surface area contributed by atoms with Crippen molar-refractivity contribution in [3.8, 4) is 0 Å². The first kappa shape index (κ1) is 32.2. The minimum atomic E-state index is -6.00. The van der Waals surface area contributed by atoms with Gasteiger partial charge in [0.05, 0.1) is 6.42 Å². The Hall–Kier alpha value is -5.76. The number of nitrogens with zero attached hydrogens (tertiary/aromatic N) is 2. The van der Waals surface area contributed by atoms with Crippen molar-refractivity contribution in [3.63, 3.8) is 0 Å². The van der Waals surface area contributed by atoms with Crippen molar-refractivity contribution in [2.24, 2.45) is 5.10 Å². The van der Waals surface area contributed by atoms with E-state index >= 15 is 0 Å². The SMILES string of the molecule is C1=CC(=[N+]2N=C(c3ccccc3)CC2c2ccccc2)C=CC1=CC=C1C=C(c2ccccc2)C=C(c2ccccc2)O1.F[B-](F)(F)F. The summed E-state index contributed by atoms with van der Waals surface area (Å²) >= 11 is 0. The second-order valence-electron chi connectivity index (χ2n) is 11.2. The predicted molar refractivity (Wildman–Crippen MR) is 187 cm³/mol. The molecule has 0 bridgehead atoms. The summed E-state index contributed by atoms with van der Waals surface area (Å²) in [6.45, 7) is 0. The van der Waals surface area contributed by atoms with Gasteiger partial charge in [0, 0.05) is 28.8 Å². The molecule has 0 fully saturated rings. The van der Waals surface area contributed by atoms with E-state index in [1.165, 1.54) is 11.1 Å². The molecule has 238 valence electrons. The molecule has 3 nitrogen and oxygen atoms in total. The van der Waals surface area contributed by atoms with Gasteiger partial charge in [-0.1, -0.05) is 132 Å². The number of hydrogen-bond donors (Lipinski definition) is 0. The molecule has 4 aromatic carbocycles. The highest BCUT2D eigenvalue weighted by Gasteiger charge is 2.36. The maximum Gasteiger partial charge on any atom is 0.673 e. The van der Waals surface area contributed by atoms with Gasteiger partial charge in [-0.3, -0.25) is 0 Å². The van der Waals surface area contributed by atoms with Gasteiger partial charge in [0.25, 0.3) is 0 Å². The molecule has 0 saturated heterocycles. The van der Waals surface area contributed by atoms with Crippen LogP contribution >= 0.6 is 0 Å². The summed E-state index contributed by atoms with van der Waals surface area (Å²) in [7, 11) is -6.00. The molecule has 7 rings (SSSR count). The van der Waals surface area contributed by atoms with E-state index in [1.807, 2.05) is 36.4 Å². The zero-order valence-corrected chi connectivity index (χ0v) is 25.8. The molecule has 3 aliphatic rings. The first-order valence-electron chi connectivity index (χ1n) is 15.5. The smallest absolute Gasteiger partial charge is 0.457 e. The summed E-state index contributed by atoms with van der Waals surface area (Å²) in [5.74, 6) is 1.63. The van der Waals surface area contributed by atoms with E-state index in [9.17, 15) is 17.3 Å². The fourth-order valence-corrected chi connectivity index (χ4v) is 5.55. The molecule has 0 radical (unpaired) electrons. The van der Waals surface area contributed by atoms with Crippen LogP contribution in [0.15, 0.2) is 186 Å². The molecule has 48 heavy (non-hydrogen) atoms. The molecule has 0 aromatic heterocycles. The minimum absolute atomic E-state index is 0.147. The standard InChI is InChI=1S/C40H31N2O.BF4/c1-5-13-31(14-6-1)35-27-37(43-40(28-35)34-19-11-4-12-20-34)26-23-30-21-24-36(25-22-30)42-39(33-17-9-3-10-18-33)29-38(41-42)32-15-7-2-8-16-32;2-1(3,4)5/h1-28,39H,29H2;/q+1;-1. The van der Waals surface area contributed by atoms with E-state index in [0.717, 1.165) is 51.6 Å². The Morgan fingerprint density at radius 1 is 0.625 bits per heavy atom. The maximum absolute atomic E-state index is 9.75. The Morgan fingerprint density at radius 2 is 1.15 bits per heavy atom. The van der Waals surface area contributed by atoms with Gasteiger partial charge < -0.3 is 22.0 Å². The summed E-state index contributed by atoms with van der Waals surface area (Å²) in [5, 5.41) is 5.10. The molecular weight excluding hydrogens is 611 g/mol. The van der Waals surface area contributed by atoms with Gasteiger partial charge in [-0.25, -0.2) is 0 Å². The van der Waals surface area contributed by atoms with Crippen LogP contribution in [0.3, 0.4) is 0 Å². The van der Waals surface area contributed by atoms with Crippen LogP contribution < -0.4 is 0 Å². The molecule has 2 heterocycles. The van der Waals surface area contributed by atoms with Crippen LogP contribution in [-0.4, -0.2) is 23.4 Å². The van der Waals surface area contributed by atoms with Crippen molar-refractivity contribution in [1.29, 1.82) is 0 Å². The lowest BCUT2D eigenvalue weighted by Gasteiger charge is -2.18. The number of hydrogen-bond acceptors (Lipinski definition) is 2. The van der Waals surface area contributed by atoms with Crippen molar-refractivity contribution in [3.05, 3.63) is 204 Å². The third-order valence-electron chi connectivity index (χ3n) is 7.78. The van der Waals surface area contributed by atoms with Gasteiger partial charge in [-0.2, -0.15) is 0 Å². The van der Waals surface area contributed by atoms with Crippen LogP contribution in [0.4, 0.5) is 17.3 Å². The zero-order chi connectivity index (χ0) is 33.3. The quantitative estimate of drug-likeness (QED) is 0.121. The molecule has 2 aliphatic heterocycles. The average molecular weight is 643 g/mol. The molecule has 0 N–H and O–H groups in total. The van der Waals surface area contributed by atoms with Gasteiger partial charge in [0.15, 0.2) is 0 Å². The molecule has 1 atom stereocenters. The lowest BCUT2D eigenvalue weighted by atomic mass is 9.98. The Bertz CT molecular complexity index is 1970. The van der Waals surface area contributed by atoms with Crippen LogP contribution in [0.2, 0.25) is 0 Å². The first-order chi connectivity index (χ1) is 23.3. The monoisotopic (exact) mass is 642 g/mol. The number of benzene rings is 4. The number of allylic oxidation sites excluding steroid dienone is 10. The molecule has 1 unspecified atom stereocenters. The third-order valence-corrected chi connectivity index (χ3v) is 7.78. The average Bonchev–Trinajstić information content (AvgIpc) is 3.57. The van der Waals surface area contributed by atoms with Crippen molar-refractivity contribution >= 4 is 30.0 Å². The molecule has 8 heteroatoms. The predicted octanol–water partition coefficient (Wildman–Crippen LogP) is 10.4. The summed E-state index contributed by atoms with van der Waals surface area (Å²) < 4.78 is 47.5.